The second kappa shape index (κ2) is 7.59. The number of pyridine rings is 1. The molecule has 130 valence electrons. The fourth-order valence-corrected chi connectivity index (χ4v) is 4.71. The number of piperidine rings is 1. The molecule has 2 heterocycles. The summed E-state index contributed by atoms with van der Waals surface area (Å²) < 4.78 is 28.1. The third-order valence-corrected chi connectivity index (χ3v) is 6.29. The van der Waals surface area contributed by atoms with Gasteiger partial charge in [0.25, 0.3) is 0 Å². The van der Waals surface area contributed by atoms with E-state index in [1.165, 1.54) is 19.3 Å². The molecule has 6 heteroatoms. The van der Waals surface area contributed by atoms with E-state index in [0.717, 1.165) is 24.9 Å². The van der Waals surface area contributed by atoms with Crippen molar-refractivity contribution in [3.8, 4) is 0 Å². The van der Waals surface area contributed by atoms with E-state index in [9.17, 15) is 8.42 Å². The van der Waals surface area contributed by atoms with Crippen molar-refractivity contribution in [1.82, 2.24) is 14.6 Å². The number of sulfonamides is 1. The summed E-state index contributed by atoms with van der Waals surface area (Å²) in [7, 11) is -3.55. The van der Waals surface area contributed by atoms with E-state index in [4.69, 9.17) is 0 Å². The van der Waals surface area contributed by atoms with Crippen LogP contribution in [0.25, 0.3) is 10.9 Å². The first-order valence-electron chi connectivity index (χ1n) is 8.69. The van der Waals surface area contributed by atoms with Gasteiger partial charge in [-0.3, -0.25) is 9.88 Å². The Labute approximate surface area is 144 Å². The number of hydrogen-bond acceptors (Lipinski definition) is 4. The Morgan fingerprint density at radius 3 is 2.92 bits per heavy atom. The molecule has 3 rings (SSSR count). The van der Waals surface area contributed by atoms with Crippen molar-refractivity contribution < 1.29 is 8.42 Å². The van der Waals surface area contributed by atoms with Gasteiger partial charge in [-0.15, -0.1) is 0 Å². The lowest BCUT2D eigenvalue weighted by molar-refractivity contribution is 0.147. The number of fused-ring (bicyclic) bond motifs is 1. The van der Waals surface area contributed by atoms with Crippen LogP contribution < -0.4 is 4.72 Å². The second-order valence-corrected chi connectivity index (χ2v) is 8.06. The first-order chi connectivity index (χ1) is 11.6. The molecule has 5 nitrogen and oxygen atoms in total. The van der Waals surface area contributed by atoms with Gasteiger partial charge in [0.15, 0.2) is 0 Å². The zero-order valence-electron chi connectivity index (χ0n) is 14.1. The van der Waals surface area contributed by atoms with E-state index in [1.807, 2.05) is 18.2 Å². The zero-order chi connectivity index (χ0) is 17.0. The average Bonchev–Trinajstić information content (AvgIpc) is 2.61. The Bertz CT molecular complexity index is 786. The van der Waals surface area contributed by atoms with Crippen LogP contribution in [0.1, 0.15) is 32.6 Å². The van der Waals surface area contributed by atoms with Crippen molar-refractivity contribution in [1.29, 1.82) is 0 Å². The molecule has 2 aromatic rings. The van der Waals surface area contributed by atoms with Gasteiger partial charge in [0, 0.05) is 30.7 Å². The summed E-state index contributed by atoms with van der Waals surface area (Å²) in [6.45, 7) is 4.46. The molecule has 0 bridgehead atoms. The molecule has 1 fully saturated rings. The van der Waals surface area contributed by atoms with E-state index in [0.29, 0.717) is 18.1 Å². The number of aromatic nitrogens is 1. The molecule has 1 unspecified atom stereocenters. The van der Waals surface area contributed by atoms with E-state index in [1.54, 1.807) is 18.3 Å². The molecule has 1 aliphatic rings. The molecule has 1 aromatic heterocycles. The molecule has 0 saturated carbocycles. The molecular formula is C18H25N3O2S. The Kier molecular flexibility index (Phi) is 5.48. The number of para-hydroxylation sites is 1. The van der Waals surface area contributed by atoms with Gasteiger partial charge in [0.05, 0.1) is 5.52 Å². The lowest BCUT2D eigenvalue weighted by atomic mass is 10.0. The molecule has 1 aliphatic heterocycles. The lowest BCUT2D eigenvalue weighted by Gasteiger charge is -2.35. The number of rotatable bonds is 6. The molecule has 0 radical (unpaired) electrons. The maximum Gasteiger partial charge on any atom is 0.242 e. The van der Waals surface area contributed by atoms with Crippen LogP contribution in [0.15, 0.2) is 41.4 Å². The summed E-state index contributed by atoms with van der Waals surface area (Å²) in [5.41, 5.74) is 0.525. The summed E-state index contributed by atoms with van der Waals surface area (Å²) in [4.78, 5) is 6.91. The van der Waals surface area contributed by atoms with E-state index >= 15 is 0 Å². The minimum Gasteiger partial charge on any atom is -0.299 e. The minimum atomic E-state index is -3.55. The van der Waals surface area contributed by atoms with Crippen molar-refractivity contribution in [3.05, 3.63) is 36.5 Å². The topological polar surface area (TPSA) is 62.3 Å². The van der Waals surface area contributed by atoms with Crippen molar-refractivity contribution >= 4 is 20.9 Å². The molecule has 24 heavy (non-hydrogen) atoms. The molecular weight excluding hydrogens is 322 g/mol. The minimum absolute atomic E-state index is 0.256. The van der Waals surface area contributed by atoms with Crippen molar-refractivity contribution in [3.63, 3.8) is 0 Å². The Morgan fingerprint density at radius 1 is 1.25 bits per heavy atom. The predicted molar refractivity (Wildman–Crippen MR) is 96.4 cm³/mol. The average molecular weight is 347 g/mol. The SMILES string of the molecule is CCC1CCCCN1CCNS(=O)(=O)c1cccc2cccnc12. The van der Waals surface area contributed by atoms with E-state index < -0.39 is 10.0 Å². The smallest absolute Gasteiger partial charge is 0.242 e. The second-order valence-electron chi connectivity index (χ2n) is 6.32. The standard InChI is InChI=1S/C18H25N3O2S/c1-2-16-9-3-4-13-21(16)14-12-20-24(22,23)17-10-5-7-15-8-6-11-19-18(15)17/h5-8,10-11,16,20H,2-4,9,12-14H2,1H3. The van der Waals surface area contributed by atoms with Gasteiger partial charge in [-0.1, -0.05) is 31.5 Å². The van der Waals surface area contributed by atoms with Crippen LogP contribution >= 0.6 is 0 Å². The monoisotopic (exact) mass is 347 g/mol. The number of benzene rings is 1. The van der Waals surface area contributed by atoms with Gasteiger partial charge in [0.2, 0.25) is 10.0 Å². The fraction of sp³-hybridized carbons (Fsp3) is 0.500. The van der Waals surface area contributed by atoms with Gasteiger partial charge in [-0.25, -0.2) is 13.1 Å². The third-order valence-electron chi connectivity index (χ3n) is 4.80. The first-order valence-corrected chi connectivity index (χ1v) is 10.2. The van der Waals surface area contributed by atoms with E-state index in [2.05, 4.69) is 21.5 Å². The fourth-order valence-electron chi connectivity index (χ4n) is 3.51. The van der Waals surface area contributed by atoms with Crippen LogP contribution in [0, 0.1) is 0 Å². The van der Waals surface area contributed by atoms with Crippen molar-refractivity contribution in [2.24, 2.45) is 0 Å². The molecule has 1 saturated heterocycles. The van der Waals surface area contributed by atoms with Crippen LogP contribution in [0.3, 0.4) is 0 Å². The Balaban J connectivity index is 1.69. The number of nitrogens with zero attached hydrogens (tertiary/aromatic N) is 2. The van der Waals surface area contributed by atoms with Gasteiger partial charge < -0.3 is 0 Å². The molecule has 1 atom stereocenters. The normalized spacial score (nSPS) is 19.6. The highest BCUT2D eigenvalue weighted by molar-refractivity contribution is 7.89. The quantitative estimate of drug-likeness (QED) is 0.873. The predicted octanol–water partition coefficient (Wildman–Crippen LogP) is 2.78. The first kappa shape index (κ1) is 17.3. The highest BCUT2D eigenvalue weighted by Crippen LogP contribution is 2.21. The number of likely N-dealkylation sites (tertiary alicyclic amines) is 1. The van der Waals surface area contributed by atoms with Crippen LogP contribution in [-0.4, -0.2) is 44.0 Å². The molecule has 1 aromatic carbocycles. The van der Waals surface area contributed by atoms with Crippen LogP contribution in [0.2, 0.25) is 0 Å². The zero-order valence-corrected chi connectivity index (χ0v) is 14.9. The third kappa shape index (κ3) is 3.77. The van der Waals surface area contributed by atoms with Gasteiger partial charge >= 0.3 is 0 Å². The maximum absolute atomic E-state index is 12.7. The number of nitrogens with one attached hydrogen (secondary N) is 1. The highest BCUT2D eigenvalue weighted by atomic mass is 32.2. The largest absolute Gasteiger partial charge is 0.299 e. The summed E-state index contributed by atoms with van der Waals surface area (Å²) >= 11 is 0. The summed E-state index contributed by atoms with van der Waals surface area (Å²) in [5.74, 6) is 0. The summed E-state index contributed by atoms with van der Waals surface area (Å²) in [6, 6.07) is 9.53. The van der Waals surface area contributed by atoms with Crippen LogP contribution in [0.4, 0.5) is 0 Å². The highest BCUT2D eigenvalue weighted by Gasteiger charge is 2.22. The van der Waals surface area contributed by atoms with Crippen LogP contribution in [-0.2, 0) is 10.0 Å². The van der Waals surface area contributed by atoms with Gasteiger partial charge in [-0.2, -0.15) is 0 Å². The molecule has 0 aliphatic carbocycles. The Morgan fingerprint density at radius 2 is 2.08 bits per heavy atom. The molecule has 0 amide bonds. The van der Waals surface area contributed by atoms with Crippen LogP contribution in [0.5, 0.6) is 0 Å². The van der Waals surface area contributed by atoms with Crippen molar-refractivity contribution in [2.75, 3.05) is 19.6 Å². The summed E-state index contributed by atoms with van der Waals surface area (Å²) in [5, 5.41) is 0.836. The van der Waals surface area contributed by atoms with Gasteiger partial charge in [-0.05, 0) is 37.9 Å². The van der Waals surface area contributed by atoms with Gasteiger partial charge in [0.1, 0.15) is 4.90 Å². The molecule has 0 spiro atoms. The lowest BCUT2D eigenvalue weighted by Crippen LogP contribution is -2.43. The number of hydrogen-bond donors (Lipinski definition) is 1. The Hall–Kier alpha value is -1.50. The molecule has 1 N–H and O–H groups in total. The van der Waals surface area contributed by atoms with E-state index in [-0.39, 0.29) is 4.90 Å². The maximum atomic E-state index is 12.7. The van der Waals surface area contributed by atoms with Crippen molar-refractivity contribution in [2.45, 2.75) is 43.5 Å². The summed E-state index contributed by atoms with van der Waals surface area (Å²) in [6.07, 6.45) is 6.45.